The summed E-state index contributed by atoms with van der Waals surface area (Å²) in [5, 5.41) is 15.8. The minimum atomic E-state index is -3.71. The summed E-state index contributed by atoms with van der Waals surface area (Å²) >= 11 is 0. The summed E-state index contributed by atoms with van der Waals surface area (Å²) in [7, 11) is 1.80. The predicted molar refractivity (Wildman–Crippen MR) is 68.3 cm³/mol. The number of alkyl halides is 2. The summed E-state index contributed by atoms with van der Waals surface area (Å²) in [6.07, 6.45) is 5.23. The lowest BCUT2D eigenvalue weighted by atomic mass is 9.75. The van der Waals surface area contributed by atoms with Crippen LogP contribution in [-0.2, 0) is 18.3 Å². The molecule has 0 atom stereocenters. The normalized spacial score (nSPS) is 17.6. The van der Waals surface area contributed by atoms with Gasteiger partial charge in [-0.3, -0.25) is 9.48 Å². The van der Waals surface area contributed by atoms with Crippen LogP contribution in [0.2, 0.25) is 0 Å². The Morgan fingerprint density at radius 2 is 2.30 bits per heavy atom. The van der Waals surface area contributed by atoms with Gasteiger partial charge in [-0.05, 0) is 37.7 Å². The number of carbonyl (C=O) groups excluding carboxylic acids is 1. The van der Waals surface area contributed by atoms with Crippen molar-refractivity contribution in [3.63, 3.8) is 0 Å². The topological polar surface area (TPSA) is 67.2 Å². The Balaban J connectivity index is 1.75. The maximum Gasteiger partial charge on any atom is 0.352 e. The lowest BCUT2D eigenvalue weighted by molar-refractivity contribution is -0.215. The minimum absolute atomic E-state index is 0.0247. The minimum Gasteiger partial charge on any atom is -0.383 e. The van der Waals surface area contributed by atoms with Crippen LogP contribution >= 0.6 is 0 Å². The molecule has 1 aromatic heterocycles. The zero-order valence-electron chi connectivity index (χ0n) is 11.4. The number of rotatable bonds is 6. The van der Waals surface area contributed by atoms with Gasteiger partial charge in [0.2, 0.25) is 0 Å². The van der Waals surface area contributed by atoms with E-state index in [4.69, 9.17) is 0 Å². The highest BCUT2D eigenvalue weighted by Crippen LogP contribution is 2.44. The van der Waals surface area contributed by atoms with Crippen molar-refractivity contribution in [3.05, 3.63) is 18.0 Å². The molecular formula is C13H19F2N3O2. The van der Waals surface area contributed by atoms with E-state index >= 15 is 0 Å². The van der Waals surface area contributed by atoms with Crippen molar-refractivity contribution < 1.29 is 18.7 Å². The summed E-state index contributed by atoms with van der Waals surface area (Å²) in [5.41, 5.74) is -1.16. The Kier molecular flexibility index (Phi) is 4.08. The molecule has 0 radical (unpaired) electrons. The largest absolute Gasteiger partial charge is 0.383 e. The average molecular weight is 287 g/mol. The monoisotopic (exact) mass is 287 g/mol. The molecule has 1 heterocycles. The molecule has 5 nitrogen and oxygen atoms in total. The third kappa shape index (κ3) is 2.82. The highest BCUT2D eigenvalue weighted by atomic mass is 19.3. The lowest BCUT2D eigenvalue weighted by Crippen LogP contribution is -2.60. The van der Waals surface area contributed by atoms with Crippen molar-refractivity contribution in [2.45, 2.75) is 43.6 Å². The molecule has 20 heavy (non-hydrogen) atoms. The fourth-order valence-electron chi connectivity index (χ4n) is 2.24. The van der Waals surface area contributed by atoms with Gasteiger partial charge < -0.3 is 10.4 Å². The Labute approximate surface area is 116 Å². The lowest BCUT2D eigenvalue weighted by Gasteiger charge is -2.41. The van der Waals surface area contributed by atoms with Gasteiger partial charge in [0, 0.05) is 19.8 Å². The molecule has 0 unspecified atom stereocenters. The number of nitrogens with zero attached hydrogens (tertiary/aromatic N) is 2. The van der Waals surface area contributed by atoms with Crippen LogP contribution in [0.5, 0.6) is 0 Å². The zero-order valence-corrected chi connectivity index (χ0v) is 11.4. The van der Waals surface area contributed by atoms with E-state index in [1.54, 1.807) is 17.9 Å². The van der Waals surface area contributed by atoms with Crippen LogP contribution in [0.25, 0.3) is 0 Å². The van der Waals surface area contributed by atoms with Gasteiger partial charge in [-0.1, -0.05) is 0 Å². The molecule has 112 valence electrons. The number of hydrogen-bond acceptors (Lipinski definition) is 3. The molecule has 1 fully saturated rings. The Hall–Kier alpha value is -1.50. The van der Waals surface area contributed by atoms with E-state index in [0.29, 0.717) is 19.3 Å². The van der Waals surface area contributed by atoms with Gasteiger partial charge in [-0.25, -0.2) is 0 Å². The molecule has 1 saturated carbocycles. The van der Waals surface area contributed by atoms with Crippen molar-refractivity contribution in [1.29, 1.82) is 0 Å². The van der Waals surface area contributed by atoms with Crippen LogP contribution in [0.15, 0.2) is 12.4 Å². The molecular weight excluding hydrogens is 268 g/mol. The second-order valence-corrected chi connectivity index (χ2v) is 5.34. The van der Waals surface area contributed by atoms with Gasteiger partial charge in [-0.15, -0.1) is 0 Å². The Morgan fingerprint density at radius 1 is 1.60 bits per heavy atom. The molecule has 2 N–H and O–H groups in total. The van der Waals surface area contributed by atoms with Gasteiger partial charge in [0.05, 0.1) is 6.20 Å². The smallest absolute Gasteiger partial charge is 0.352 e. The van der Waals surface area contributed by atoms with E-state index in [1.165, 1.54) is 0 Å². The first-order chi connectivity index (χ1) is 9.35. The van der Waals surface area contributed by atoms with Gasteiger partial charge in [0.1, 0.15) is 5.60 Å². The van der Waals surface area contributed by atoms with Crippen molar-refractivity contribution >= 4 is 5.91 Å². The van der Waals surface area contributed by atoms with Crippen LogP contribution in [0.4, 0.5) is 8.78 Å². The van der Waals surface area contributed by atoms with E-state index in [1.807, 2.05) is 6.20 Å². The predicted octanol–water partition coefficient (Wildman–Crippen LogP) is 1.02. The summed E-state index contributed by atoms with van der Waals surface area (Å²) < 4.78 is 29.1. The summed E-state index contributed by atoms with van der Waals surface area (Å²) in [6, 6.07) is 0. The molecule has 7 heteroatoms. The number of amides is 1. The Bertz CT molecular complexity index is 484. The highest BCUT2D eigenvalue weighted by Gasteiger charge is 2.60. The van der Waals surface area contributed by atoms with Crippen molar-refractivity contribution in [3.8, 4) is 0 Å². The number of aromatic nitrogens is 2. The molecule has 0 aliphatic heterocycles. The van der Waals surface area contributed by atoms with Crippen LogP contribution in [0.1, 0.15) is 31.2 Å². The molecule has 1 aliphatic rings. The molecule has 0 saturated heterocycles. The average Bonchev–Trinajstić information content (AvgIpc) is 2.77. The summed E-state index contributed by atoms with van der Waals surface area (Å²) in [4.78, 5) is 11.5. The molecule has 1 aliphatic carbocycles. The number of carbonyl (C=O) groups is 1. The molecule has 0 aromatic carbocycles. The van der Waals surface area contributed by atoms with Gasteiger partial charge in [0.25, 0.3) is 5.91 Å². The fraction of sp³-hybridized carbons (Fsp3) is 0.692. The van der Waals surface area contributed by atoms with Crippen molar-refractivity contribution in [1.82, 2.24) is 15.1 Å². The first-order valence-corrected chi connectivity index (χ1v) is 6.71. The van der Waals surface area contributed by atoms with E-state index in [-0.39, 0.29) is 19.4 Å². The Morgan fingerprint density at radius 3 is 2.80 bits per heavy atom. The molecule has 0 bridgehead atoms. The second kappa shape index (κ2) is 5.47. The zero-order chi connectivity index (χ0) is 14.8. The van der Waals surface area contributed by atoms with Gasteiger partial charge in [0.15, 0.2) is 0 Å². The van der Waals surface area contributed by atoms with Crippen LogP contribution in [-0.4, -0.2) is 38.9 Å². The standard InChI is InChI=1S/C13H19F2N3O2/c1-18-9-10(8-17-18)4-2-7-16-11(19)13(14,15)12(20)5-3-6-12/h8-9,20H,2-7H2,1H3,(H,16,19). The summed E-state index contributed by atoms with van der Waals surface area (Å²) in [6.45, 7) is 0.152. The quantitative estimate of drug-likeness (QED) is 0.768. The molecule has 1 aromatic rings. The maximum absolute atomic E-state index is 13.7. The number of hydrogen-bond donors (Lipinski definition) is 2. The SMILES string of the molecule is Cn1cc(CCCNC(=O)C(F)(F)C2(O)CCC2)cn1. The highest BCUT2D eigenvalue weighted by molar-refractivity contribution is 5.85. The summed E-state index contributed by atoms with van der Waals surface area (Å²) in [5.74, 6) is -5.09. The number of halogens is 2. The van der Waals surface area contributed by atoms with Crippen molar-refractivity contribution in [2.75, 3.05) is 6.54 Å². The van der Waals surface area contributed by atoms with Crippen LogP contribution in [0, 0.1) is 0 Å². The van der Waals surface area contributed by atoms with E-state index in [9.17, 15) is 18.7 Å². The fourth-order valence-corrected chi connectivity index (χ4v) is 2.24. The third-order valence-electron chi connectivity index (χ3n) is 3.74. The van der Waals surface area contributed by atoms with Gasteiger partial charge in [-0.2, -0.15) is 13.9 Å². The maximum atomic E-state index is 13.7. The first-order valence-electron chi connectivity index (χ1n) is 6.71. The second-order valence-electron chi connectivity index (χ2n) is 5.34. The van der Waals surface area contributed by atoms with E-state index in [2.05, 4.69) is 10.4 Å². The van der Waals surface area contributed by atoms with Crippen LogP contribution in [0.3, 0.4) is 0 Å². The van der Waals surface area contributed by atoms with Gasteiger partial charge >= 0.3 is 5.92 Å². The number of aliphatic hydroxyl groups is 1. The molecule has 0 spiro atoms. The van der Waals surface area contributed by atoms with Crippen molar-refractivity contribution in [2.24, 2.45) is 7.05 Å². The van der Waals surface area contributed by atoms with E-state index in [0.717, 1.165) is 5.56 Å². The first kappa shape index (κ1) is 14.9. The number of nitrogens with one attached hydrogen (secondary N) is 1. The third-order valence-corrected chi connectivity index (χ3v) is 3.74. The molecule has 2 rings (SSSR count). The molecule has 1 amide bonds. The van der Waals surface area contributed by atoms with Crippen LogP contribution < -0.4 is 5.32 Å². The number of aryl methyl sites for hydroxylation is 2. The van der Waals surface area contributed by atoms with E-state index < -0.39 is 17.4 Å².